The average molecular weight is 676 g/mol. The molecular formula is C50H30O. The predicted molar refractivity (Wildman–Crippen MR) is 218 cm³/mol. The smallest absolute Gasteiger partial charge is 0.136 e. The van der Waals surface area contributed by atoms with Crippen LogP contribution in [0.3, 0.4) is 0 Å². The van der Waals surface area contributed by atoms with Crippen LogP contribution in [0.15, 0.2) is 186 Å². The highest BCUT2D eigenvalue weighted by Gasteiger charge is 2.19. The van der Waals surface area contributed by atoms with E-state index in [1.165, 1.54) is 0 Å². The largest absolute Gasteiger partial charge is 0.456 e. The van der Waals surface area contributed by atoms with Crippen LogP contribution in [0.25, 0.3) is 109 Å². The molecule has 0 bridgehead atoms. The zero-order chi connectivity index (χ0) is 58.7. The highest BCUT2D eigenvalue weighted by molar-refractivity contribution is 6.23. The van der Waals surface area contributed by atoms with E-state index < -0.39 is 284 Å². The minimum absolute atomic E-state index is 0.455. The molecule has 236 valence electrons. The van der Waals surface area contributed by atoms with Gasteiger partial charge in [-0.2, -0.15) is 0 Å². The molecule has 0 saturated carbocycles. The van der Waals surface area contributed by atoms with Crippen LogP contribution in [0.5, 0.6) is 0 Å². The van der Waals surface area contributed by atoms with Gasteiger partial charge in [-0.25, -0.2) is 0 Å². The van der Waals surface area contributed by atoms with E-state index >= 15 is 0 Å². The third kappa shape index (κ3) is 4.28. The lowest BCUT2D eigenvalue weighted by Gasteiger charge is -2.18. The summed E-state index contributed by atoms with van der Waals surface area (Å²) in [6.07, 6.45) is 0. The van der Waals surface area contributed by atoms with Crippen LogP contribution in [-0.4, -0.2) is 0 Å². The number of fused-ring (bicyclic) bond motifs is 9. The van der Waals surface area contributed by atoms with Gasteiger partial charge >= 0.3 is 0 Å². The molecule has 0 fully saturated rings. The number of furan rings is 1. The summed E-state index contributed by atoms with van der Waals surface area (Å²) in [7, 11) is 0. The molecule has 0 aliphatic heterocycles. The van der Waals surface area contributed by atoms with Gasteiger partial charge in [0, 0.05) is 10.8 Å². The van der Waals surface area contributed by atoms with Gasteiger partial charge in [0.25, 0.3) is 0 Å². The maximum atomic E-state index is 10.0. The lowest BCUT2D eigenvalue weighted by atomic mass is 9.85. The maximum Gasteiger partial charge on any atom is 0.136 e. The monoisotopic (exact) mass is 675 g/mol. The molecule has 11 aromatic rings. The summed E-state index contributed by atoms with van der Waals surface area (Å²) in [6, 6.07) is -24.8. The van der Waals surface area contributed by atoms with Gasteiger partial charge < -0.3 is 4.42 Å². The fourth-order valence-corrected chi connectivity index (χ4v) is 6.42. The van der Waals surface area contributed by atoms with Gasteiger partial charge in [-0.05, 0) is 117 Å². The standard InChI is InChI=1S/C50H30O/c1-2-13-34-30-47-45(28-33(34)12-1)44-29-37(25-26-46(44)51-47)50-42-20-7-5-18-40(42)49(41-19-6-8-21-43(41)50)36-16-9-15-35(27-36)39-22-10-14-32-24-23-31-11-3-4-17-38(31)48(32)39/h1-30H/i1D,2D,3D,4D,5D,6D,7D,8D,9D,10D,11D,12D,13D,14D,16D,17D,18D,19D,20D,21D,22D,23D,24D,25D,26D,27D,28D,29D,30D. The highest BCUT2D eigenvalue weighted by Crippen LogP contribution is 2.46. The summed E-state index contributed by atoms with van der Waals surface area (Å²) in [5, 5.41) is -7.15. The van der Waals surface area contributed by atoms with E-state index in [1.54, 1.807) is 0 Å². The number of hydrogen-bond acceptors (Lipinski definition) is 1. The van der Waals surface area contributed by atoms with E-state index in [-0.39, 0.29) is 0 Å². The second kappa shape index (κ2) is 10.9. The Hall–Kier alpha value is -6.70. The number of rotatable bonds is 3. The first kappa shape index (κ1) is 12.0. The Morgan fingerprint density at radius 1 is 0.333 bits per heavy atom. The summed E-state index contributed by atoms with van der Waals surface area (Å²) in [5.41, 5.74) is -5.53. The van der Waals surface area contributed by atoms with Crippen molar-refractivity contribution < 1.29 is 44.2 Å². The Kier molecular flexibility index (Phi) is 2.56. The normalized spacial score (nSPS) is 19.9. The van der Waals surface area contributed by atoms with E-state index in [9.17, 15) is 16.4 Å². The molecule has 10 aromatic carbocycles. The first-order valence-electron chi connectivity index (χ1n) is 29.7. The second-order valence-corrected chi connectivity index (χ2v) is 11.3. The van der Waals surface area contributed by atoms with Gasteiger partial charge in [0.1, 0.15) is 11.2 Å². The molecule has 0 radical (unpaired) electrons. The van der Waals surface area contributed by atoms with Crippen molar-refractivity contribution in [3.05, 3.63) is 181 Å². The van der Waals surface area contributed by atoms with Gasteiger partial charge in [-0.15, -0.1) is 0 Å². The molecule has 51 heavy (non-hydrogen) atoms. The zero-order valence-electron chi connectivity index (χ0n) is 54.5. The molecule has 0 atom stereocenters. The molecule has 0 amide bonds. The lowest BCUT2D eigenvalue weighted by Crippen LogP contribution is -1.91. The van der Waals surface area contributed by atoms with Crippen molar-refractivity contribution in [2.75, 3.05) is 0 Å². The van der Waals surface area contributed by atoms with E-state index in [2.05, 4.69) is 0 Å². The van der Waals surface area contributed by atoms with E-state index in [0.717, 1.165) is 6.07 Å². The molecule has 1 heteroatoms. The van der Waals surface area contributed by atoms with Crippen LogP contribution < -0.4 is 0 Å². The van der Waals surface area contributed by atoms with E-state index in [0.29, 0.717) is 0 Å². The summed E-state index contributed by atoms with van der Waals surface area (Å²) >= 11 is 0. The van der Waals surface area contributed by atoms with Crippen molar-refractivity contribution in [1.29, 1.82) is 0 Å². The fourth-order valence-electron chi connectivity index (χ4n) is 6.42. The fraction of sp³-hybridized carbons (Fsp3) is 0. The Morgan fingerprint density at radius 2 is 0.902 bits per heavy atom. The van der Waals surface area contributed by atoms with Crippen molar-refractivity contribution in [2.24, 2.45) is 0 Å². The maximum absolute atomic E-state index is 10.0. The SMILES string of the molecule is [2H]c1cc(-c2c([2H])c([2H])c([2H])c3c([2H])c([2H])c4c([2H])c([2H])c([2H])c([2H])c4c23)c([2H])c(-c2c3c([2H])c([2H])c([2H])c([2H])c3c(-c3c([2H])c([2H])c4oc5c([2H])c6c([2H])c([2H])c([2H])c([2H])c6c([2H])c5c4c3[2H])c3c([2H])c([2H])c([2H])c([2H])c23)c1[2H]. The summed E-state index contributed by atoms with van der Waals surface area (Å²) < 4.78 is 270. The minimum Gasteiger partial charge on any atom is -0.456 e. The highest BCUT2D eigenvalue weighted by atomic mass is 16.3. The lowest BCUT2D eigenvalue weighted by molar-refractivity contribution is 0.669. The topological polar surface area (TPSA) is 13.1 Å². The van der Waals surface area contributed by atoms with Crippen LogP contribution in [0.4, 0.5) is 0 Å². The van der Waals surface area contributed by atoms with Crippen LogP contribution in [0.2, 0.25) is 0 Å². The van der Waals surface area contributed by atoms with Crippen molar-refractivity contribution in [1.82, 2.24) is 0 Å². The third-order valence-corrected chi connectivity index (χ3v) is 8.58. The van der Waals surface area contributed by atoms with Crippen LogP contribution in [0, 0.1) is 0 Å². The van der Waals surface area contributed by atoms with E-state index in [4.69, 9.17) is 27.7 Å². The molecular weight excluding hydrogens is 617 g/mol. The van der Waals surface area contributed by atoms with Crippen LogP contribution in [0.1, 0.15) is 39.8 Å². The van der Waals surface area contributed by atoms with Crippen LogP contribution >= 0.6 is 0 Å². The Bertz CT molecular complexity index is 4790. The van der Waals surface area contributed by atoms with Gasteiger partial charge in [0.2, 0.25) is 0 Å². The summed E-state index contributed by atoms with van der Waals surface area (Å²) in [4.78, 5) is 0. The molecule has 0 aliphatic rings. The first-order chi connectivity index (χ1) is 37.4. The number of hydrogen-bond donors (Lipinski definition) is 0. The first-order valence-corrected chi connectivity index (χ1v) is 15.2. The predicted octanol–water partition coefficient (Wildman–Crippen LogP) is 14.4. The average Bonchev–Trinajstić information content (AvgIpc) is 3.20. The van der Waals surface area contributed by atoms with Gasteiger partial charge in [0.15, 0.2) is 0 Å². The zero-order valence-corrected chi connectivity index (χ0v) is 25.5. The molecule has 1 heterocycles. The van der Waals surface area contributed by atoms with Crippen molar-refractivity contribution in [2.45, 2.75) is 0 Å². The number of benzene rings is 10. The molecule has 0 unspecified atom stereocenters. The summed E-state index contributed by atoms with van der Waals surface area (Å²) in [6.45, 7) is 0. The van der Waals surface area contributed by atoms with Gasteiger partial charge in [-0.3, -0.25) is 0 Å². The molecule has 1 aromatic heterocycles. The Morgan fingerprint density at radius 3 is 1.63 bits per heavy atom. The van der Waals surface area contributed by atoms with Crippen molar-refractivity contribution in [3.63, 3.8) is 0 Å². The third-order valence-electron chi connectivity index (χ3n) is 8.58. The Balaban J connectivity index is 1.40. The Labute approximate surface area is 335 Å². The van der Waals surface area contributed by atoms with Crippen LogP contribution in [-0.2, 0) is 0 Å². The molecule has 0 N–H and O–H groups in total. The van der Waals surface area contributed by atoms with Gasteiger partial charge in [0.05, 0.1) is 39.8 Å². The minimum atomic E-state index is -1.02. The molecule has 11 rings (SSSR count). The molecule has 1 nitrogen and oxygen atoms in total. The second-order valence-electron chi connectivity index (χ2n) is 11.3. The molecule has 0 spiro atoms. The summed E-state index contributed by atoms with van der Waals surface area (Å²) in [5.74, 6) is 0. The molecule has 0 saturated heterocycles. The van der Waals surface area contributed by atoms with Gasteiger partial charge in [-0.1, -0.05) is 151 Å². The van der Waals surface area contributed by atoms with Crippen molar-refractivity contribution >= 4 is 75.8 Å². The molecule has 0 aliphatic carbocycles. The quantitative estimate of drug-likeness (QED) is 0.134. The van der Waals surface area contributed by atoms with Crippen molar-refractivity contribution in [3.8, 4) is 33.4 Å². The van der Waals surface area contributed by atoms with E-state index in [1.807, 2.05) is 0 Å².